The Hall–Kier alpha value is -3.47. The fraction of sp³-hybridized carbons (Fsp3) is 0.0909. The summed E-state index contributed by atoms with van der Waals surface area (Å²) in [6, 6.07) is 24.5. The maximum absolute atomic E-state index is 13.7. The number of halogens is 1. The third-order valence-corrected chi connectivity index (χ3v) is 4.07. The standard InChI is InChI=1S/C22H19FN2O2/c23-20-14-8-7-13-19(20)22(27)24-15-21(26)25(18-11-5-2-6-12-18)16-17-9-3-1-4-10-17/h1-14H,15-16H2,(H,24,27). The van der Waals surface area contributed by atoms with Gasteiger partial charge in [0.15, 0.2) is 0 Å². The van der Waals surface area contributed by atoms with E-state index in [-0.39, 0.29) is 18.0 Å². The number of nitrogens with one attached hydrogen (secondary N) is 1. The zero-order valence-electron chi connectivity index (χ0n) is 14.6. The number of amides is 2. The number of anilines is 1. The number of carbonyl (C=O) groups is 2. The van der Waals surface area contributed by atoms with Crippen LogP contribution in [-0.4, -0.2) is 18.4 Å². The second-order valence-corrected chi connectivity index (χ2v) is 5.96. The minimum absolute atomic E-state index is 0.0837. The quantitative estimate of drug-likeness (QED) is 0.725. The minimum atomic E-state index is -0.619. The zero-order valence-corrected chi connectivity index (χ0v) is 14.6. The molecule has 0 radical (unpaired) electrons. The zero-order chi connectivity index (χ0) is 19.1. The van der Waals surface area contributed by atoms with Crippen LogP contribution in [0.1, 0.15) is 15.9 Å². The van der Waals surface area contributed by atoms with Crippen molar-refractivity contribution >= 4 is 17.5 Å². The van der Waals surface area contributed by atoms with Gasteiger partial charge in [0.25, 0.3) is 5.91 Å². The van der Waals surface area contributed by atoms with Crippen molar-refractivity contribution in [3.05, 3.63) is 102 Å². The molecule has 0 spiro atoms. The molecule has 0 unspecified atom stereocenters. The maximum atomic E-state index is 13.7. The van der Waals surface area contributed by atoms with Gasteiger partial charge in [-0.25, -0.2) is 4.39 Å². The van der Waals surface area contributed by atoms with E-state index < -0.39 is 11.7 Å². The van der Waals surface area contributed by atoms with Crippen molar-refractivity contribution in [2.24, 2.45) is 0 Å². The molecule has 3 aromatic carbocycles. The summed E-state index contributed by atoms with van der Waals surface area (Å²) < 4.78 is 13.7. The van der Waals surface area contributed by atoms with E-state index in [1.165, 1.54) is 18.2 Å². The molecule has 0 saturated carbocycles. The summed E-state index contributed by atoms with van der Waals surface area (Å²) in [7, 11) is 0. The van der Waals surface area contributed by atoms with E-state index in [9.17, 15) is 14.0 Å². The molecule has 0 aliphatic carbocycles. The van der Waals surface area contributed by atoms with E-state index in [1.807, 2.05) is 60.7 Å². The molecule has 0 saturated heterocycles. The van der Waals surface area contributed by atoms with Crippen LogP contribution in [-0.2, 0) is 11.3 Å². The van der Waals surface area contributed by atoms with E-state index in [4.69, 9.17) is 0 Å². The highest BCUT2D eigenvalue weighted by Gasteiger charge is 2.18. The lowest BCUT2D eigenvalue weighted by Crippen LogP contribution is -2.40. The second kappa shape index (κ2) is 8.76. The number of para-hydroxylation sites is 1. The molecular weight excluding hydrogens is 343 g/mol. The predicted octanol–water partition coefficient (Wildman–Crippen LogP) is 3.79. The highest BCUT2D eigenvalue weighted by molar-refractivity contribution is 6.00. The fourth-order valence-electron chi connectivity index (χ4n) is 2.69. The van der Waals surface area contributed by atoms with Crippen LogP contribution < -0.4 is 10.2 Å². The average Bonchev–Trinajstić information content (AvgIpc) is 2.72. The molecule has 2 amide bonds. The van der Waals surface area contributed by atoms with E-state index in [2.05, 4.69) is 5.32 Å². The first-order valence-corrected chi connectivity index (χ1v) is 8.57. The summed E-state index contributed by atoms with van der Waals surface area (Å²) in [5.74, 6) is -1.52. The third-order valence-electron chi connectivity index (χ3n) is 4.07. The molecule has 0 aliphatic heterocycles. The van der Waals surface area contributed by atoms with Gasteiger partial charge in [0.1, 0.15) is 5.82 Å². The lowest BCUT2D eigenvalue weighted by Gasteiger charge is -2.23. The summed E-state index contributed by atoms with van der Waals surface area (Å²) in [5, 5.41) is 2.51. The SMILES string of the molecule is O=C(NCC(=O)N(Cc1ccccc1)c1ccccc1)c1ccccc1F. The Morgan fingerprint density at radius 1 is 0.815 bits per heavy atom. The van der Waals surface area contributed by atoms with Crippen LogP contribution in [0.3, 0.4) is 0 Å². The molecule has 0 bridgehead atoms. The van der Waals surface area contributed by atoms with Crippen LogP contribution in [0.15, 0.2) is 84.9 Å². The van der Waals surface area contributed by atoms with Crippen molar-refractivity contribution in [1.82, 2.24) is 5.32 Å². The monoisotopic (exact) mass is 362 g/mol. The fourth-order valence-corrected chi connectivity index (χ4v) is 2.69. The topological polar surface area (TPSA) is 49.4 Å². The van der Waals surface area contributed by atoms with Gasteiger partial charge >= 0.3 is 0 Å². The van der Waals surface area contributed by atoms with Crippen LogP contribution in [0.4, 0.5) is 10.1 Å². The first-order chi connectivity index (χ1) is 13.1. The summed E-state index contributed by atoms with van der Waals surface area (Å²) in [6.45, 7) is 0.147. The predicted molar refractivity (Wildman–Crippen MR) is 103 cm³/mol. The Morgan fingerprint density at radius 3 is 2.07 bits per heavy atom. The largest absolute Gasteiger partial charge is 0.343 e. The van der Waals surface area contributed by atoms with Crippen molar-refractivity contribution in [2.75, 3.05) is 11.4 Å². The van der Waals surface area contributed by atoms with Crippen molar-refractivity contribution in [1.29, 1.82) is 0 Å². The maximum Gasteiger partial charge on any atom is 0.254 e. The van der Waals surface area contributed by atoms with Crippen LogP contribution >= 0.6 is 0 Å². The minimum Gasteiger partial charge on any atom is -0.343 e. The molecule has 0 aliphatic rings. The summed E-state index contributed by atoms with van der Waals surface area (Å²) in [6.07, 6.45) is 0. The molecule has 27 heavy (non-hydrogen) atoms. The van der Waals surface area contributed by atoms with Gasteiger partial charge in [-0.05, 0) is 29.8 Å². The Kier molecular flexibility index (Phi) is 5.94. The smallest absolute Gasteiger partial charge is 0.254 e. The molecular formula is C22H19FN2O2. The molecule has 1 N–H and O–H groups in total. The lowest BCUT2D eigenvalue weighted by molar-refractivity contribution is -0.117. The van der Waals surface area contributed by atoms with E-state index in [1.54, 1.807) is 11.0 Å². The highest BCUT2D eigenvalue weighted by Crippen LogP contribution is 2.17. The highest BCUT2D eigenvalue weighted by atomic mass is 19.1. The van der Waals surface area contributed by atoms with Gasteiger partial charge in [0.05, 0.1) is 18.7 Å². The number of carbonyl (C=O) groups excluding carboxylic acids is 2. The Bertz CT molecular complexity index is 914. The van der Waals surface area contributed by atoms with E-state index in [0.717, 1.165) is 11.3 Å². The van der Waals surface area contributed by atoms with Gasteiger partial charge in [-0.1, -0.05) is 60.7 Å². The lowest BCUT2D eigenvalue weighted by atomic mass is 10.2. The summed E-state index contributed by atoms with van der Waals surface area (Å²) >= 11 is 0. The Labute approximate surface area is 157 Å². The first kappa shape index (κ1) is 18.3. The molecule has 0 heterocycles. The van der Waals surface area contributed by atoms with Gasteiger partial charge in [-0.2, -0.15) is 0 Å². The van der Waals surface area contributed by atoms with Gasteiger partial charge in [0, 0.05) is 5.69 Å². The van der Waals surface area contributed by atoms with Crippen LogP contribution in [0.2, 0.25) is 0 Å². The number of nitrogens with zero attached hydrogens (tertiary/aromatic N) is 1. The molecule has 136 valence electrons. The molecule has 0 aromatic heterocycles. The van der Waals surface area contributed by atoms with Crippen molar-refractivity contribution in [2.45, 2.75) is 6.54 Å². The van der Waals surface area contributed by atoms with Crippen molar-refractivity contribution < 1.29 is 14.0 Å². The van der Waals surface area contributed by atoms with Gasteiger partial charge in [0.2, 0.25) is 5.91 Å². The number of rotatable bonds is 6. The van der Waals surface area contributed by atoms with Crippen LogP contribution in [0, 0.1) is 5.82 Å². The Balaban J connectivity index is 1.73. The third kappa shape index (κ3) is 4.79. The summed E-state index contributed by atoms with van der Waals surface area (Å²) in [4.78, 5) is 26.5. The normalized spacial score (nSPS) is 10.3. The van der Waals surface area contributed by atoms with Gasteiger partial charge in [-0.15, -0.1) is 0 Å². The summed E-state index contributed by atoms with van der Waals surface area (Å²) in [5.41, 5.74) is 1.61. The average molecular weight is 362 g/mol. The first-order valence-electron chi connectivity index (χ1n) is 8.57. The molecule has 4 nitrogen and oxygen atoms in total. The molecule has 5 heteroatoms. The van der Waals surface area contributed by atoms with E-state index in [0.29, 0.717) is 6.54 Å². The van der Waals surface area contributed by atoms with Crippen LogP contribution in [0.5, 0.6) is 0 Å². The van der Waals surface area contributed by atoms with Crippen molar-refractivity contribution in [3.63, 3.8) is 0 Å². The molecule has 3 rings (SSSR count). The van der Waals surface area contributed by atoms with E-state index >= 15 is 0 Å². The number of hydrogen-bond acceptors (Lipinski definition) is 2. The Morgan fingerprint density at radius 2 is 1.41 bits per heavy atom. The van der Waals surface area contributed by atoms with Gasteiger partial charge < -0.3 is 10.2 Å². The molecule has 0 atom stereocenters. The second-order valence-electron chi connectivity index (χ2n) is 5.96. The van der Waals surface area contributed by atoms with Crippen LogP contribution in [0.25, 0.3) is 0 Å². The van der Waals surface area contributed by atoms with Crippen molar-refractivity contribution in [3.8, 4) is 0 Å². The molecule has 0 fully saturated rings. The van der Waals surface area contributed by atoms with Gasteiger partial charge in [-0.3, -0.25) is 9.59 Å². The number of hydrogen-bond donors (Lipinski definition) is 1. The number of benzene rings is 3. The molecule has 3 aromatic rings.